The lowest BCUT2D eigenvalue weighted by molar-refractivity contribution is -0.139. The first-order chi connectivity index (χ1) is 12.4. The van der Waals surface area contributed by atoms with Gasteiger partial charge in [0, 0.05) is 19.2 Å². The van der Waals surface area contributed by atoms with Gasteiger partial charge in [0.2, 0.25) is 0 Å². The molecule has 0 aliphatic rings. The van der Waals surface area contributed by atoms with Crippen molar-refractivity contribution in [3.8, 4) is 11.5 Å². The molecule has 6 nitrogen and oxygen atoms in total. The Morgan fingerprint density at radius 1 is 1.12 bits per heavy atom. The Kier molecular flexibility index (Phi) is 6.54. The maximum absolute atomic E-state index is 13.3. The Hall–Kier alpha value is -3.09. The number of hydrogen-bond acceptors (Lipinski definition) is 4. The van der Waals surface area contributed by atoms with Gasteiger partial charge in [-0.2, -0.15) is 0 Å². The molecule has 0 heterocycles. The molecular formula is C19H20FNO5. The van der Waals surface area contributed by atoms with Gasteiger partial charge in [-0.25, -0.2) is 9.18 Å². The van der Waals surface area contributed by atoms with E-state index in [2.05, 4.69) is 0 Å². The molecule has 7 heteroatoms. The van der Waals surface area contributed by atoms with E-state index in [1.165, 1.54) is 35.2 Å². The summed E-state index contributed by atoms with van der Waals surface area (Å²) in [6, 6.07) is 10.6. The molecule has 0 aliphatic carbocycles. The second-order valence-electron chi connectivity index (χ2n) is 5.57. The maximum Gasteiger partial charge on any atom is 0.341 e. The molecule has 1 amide bonds. The van der Waals surface area contributed by atoms with Gasteiger partial charge in [-0.05, 0) is 42.8 Å². The lowest BCUT2D eigenvalue weighted by Gasteiger charge is -2.18. The van der Waals surface area contributed by atoms with Crippen LogP contribution in [-0.2, 0) is 11.3 Å². The number of aliphatic carboxylic acids is 1. The number of hydrogen-bond donors (Lipinski definition) is 1. The molecule has 0 spiro atoms. The molecule has 2 rings (SSSR count). The number of amides is 1. The molecule has 0 aliphatic heterocycles. The Morgan fingerprint density at radius 2 is 1.88 bits per heavy atom. The van der Waals surface area contributed by atoms with Crippen LogP contribution in [0.4, 0.5) is 4.39 Å². The highest BCUT2D eigenvalue weighted by atomic mass is 19.1. The summed E-state index contributed by atoms with van der Waals surface area (Å²) in [6.07, 6.45) is 0. The van der Waals surface area contributed by atoms with E-state index >= 15 is 0 Å². The lowest BCUT2D eigenvalue weighted by atomic mass is 10.1. The average molecular weight is 361 g/mol. The van der Waals surface area contributed by atoms with Crippen LogP contribution in [0.3, 0.4) is 0 Å². The van der Waals surface area contributed by atoms with E-state index in [1.54, 1.807) is 26.1 Å². The second-order valence-corrected chi connectivity index (χ2v) is 5.57. The molecule has 0 bridgehead atoms. The van der Waals surface area contributed by atoms with Crippen LogP contribution in [0.15, 0.2) is 42.5 Å². The Labute approximate surface area is 150 Å². The number of carboxylic acid groups (broad SMARTS) is 1. The number of carbonyl (C=O) groups is 2. The first-order valence-corrected chi connectivity index (χ1v) is 8.02. The van der Waals surface area contributed by atoms with Crippen LogP contribution in [0.5, 0.6) is 11.5 Å². The largest absolute Gasteiger partial charge is 0.490 e. The van der Waals surface area contributed by atoms with Crippen LogP contribution in [0.2, 0.25) is 0 Å². The highest BCUT2D eigenvalue weighted by Crippen LogP contribution is 2.29. The molecule has 0 radical (unpaired) electrons. The van der Waals surface area contributed by atoms with Gasteiger partial charge in [0.1, 0.15) is 5.82 Å². The van der Waals surface area contributed by atoms with E-state index in [4.69, 9.17) is 14.6 Å². The lowest BCUT2D eigenvalue weighted by Crippen LogP contribution is -2.26. The van der Waals surface area contributed by atoms with Crippen molar-refractivity contribution >= 4 is 11.9 Å². The van der Waals surface area contributed by atoms with Crippen molar-refractivity contribution in [2.45, 2.75) is 13.5 Å². The van der Waals surface area contributed by atoms with E-state index in [9.17, 15) is 14.0 Å². The van der Waals surface area contributed by atoms with E-state index in [0.29, 0.717) is 23.5 Å². The van der Waals surface area contributed by atoms with Crippen LogP contribution >= 0.6 is 0 Å². The summed E-state index contributed by atoms with van der Waals surface area (Å²) in [4.78, 5) is 24.7. The van der Waals surface area contributed by atoms with Gasteiger partial charge in [0.25, 0.3) is 5.91 Å². The number of carbonyl (C=O) groups excluding carboxylic acids is 1. The average Bonchev–Trinajstić information content (AvgIpc) is 2.60. The van der Waals surface area contributed by atoms with Gasteiger partial charge in [-0.15, -0.1) is 0 Å². The molecule has 26 heavy (non-hydrogen) atoms. The van der Waals surface area contributed by atoms with Gasteiger partial charge in [-0.3, -0.25) is 4.79 Å². The summed E-state index contributed by atoms with van der Waals surface area (Å²) in [7, 11) is 1.61. The Balaban J connectivity index is 2.16. The SMILES string of the molecule is CCOc1cc(C(=O)N(C)Cc2cccc(F)c2)ccc1OCC(=O)O. The van der Waals surface area contributed by atoms with Crippen LogP contribution in [0.25, 0.3) is 0 Å². The quantitative estimate of drug-likeness (QED) is 0.782. The highest BCUT2D eigenvalue weighted by Gasteiger charge is 2.16. The smallest absolute Gasteiger partial charge is 0.341 e. The zero-order chi connectivity index (χ0) is 19.1. The minimum atomic E-state index is -1.11. The number of halogens is 1. The normalized spacial score (nSPS) is 10.3. The van der Waals surface area contributed by atoms with Crippen molar-refractivity contribution < 1.29 is 28.6 Å². The minimum Gasteiger partial charge on any atom is -0.490 e. The van der Waals surface area contributed by atoms with Crippen LogP contribution in [-0.4, -0.2) is 42.1 Å². The summed E-state index contributed by atoms with van der Waals surface area (Å²) in [5, 5.41) is 8.72. The van der Waals surface area contributed by atoms with Gasteiger partial charge < -0.3 is 19.5 Å². The maximum atomic E-state index is 13.3. The fourth-order valence-corrected chi connectivity index (χ4v) is 2.37. The summed E-state index contributed by atoms with van der Waals surface area (Å²) >= 11 is 0. The second kappa shape index (κ2) is 8.84. The standard InChI is InChI=1S/C19H20FNO5/c1-3-25-17-10-14(7-8-16(17)26-12-18(22)23)19(24)21(2)11-13-5-4-6-15(20)9-13/h4-10H,3,11-12H2,1-2H3,(H,22,23). The number of benzene rings is 2. The summed E-state index contributed by atoms with van der Waals surface area (Å²) < 4.78 is 23.9. The first-order valence-electron chi connectivity index (χ1n) is 8.02. The highest BCUT2D eigenvalue weighted by molar-refractivity contribution is 5.94. The molecule has 0 atom stereocenters. The van der Waals surface area contributed by atoms with Crippen molar-refractivity contribution in [2.24, 2.45) is 0 Å². The summed E-state index contributed by atoms with van der Waals surface area (Å²) in [5.74, 6) is -1.21. The predicted molar refractivity (Wildman–Crippen MR) is 92.9 cm³/mol. The minimum absolute atomic E-state index is 0.248. The number of rotatable bonds is 8. The van der Waals surface area contributed by atoms with E-state index < -0.39 is 12.6 Å². The van der Waals surface area contributed by atoms with Crippen molar-refractivity contribution in [3.63, 3.8) is 0 Å². The summed E-state index contributed by atoms with van der Waals surface area (Å²) in [6.45, 7) is 1.84. The van der Waals surface area contributed by atoms with Crippen molar-refractivity contribution in [3.05, 3.63) is 59.4 Å². The molecule has 0 unspecified atom stereocenters. The first kappa shape index (κ1) is 19.2. The third kappa shape index (κ3) is 5.20. The number of nitrogens with zero attached hydrogens (tertiary/aromatic N) is 1. The Morgan fingerprint density at radius 3 is 2.54 bits per heavy atom. The molecular weight excluding hydrogens is 341 g/mol. The molecule has 1 N–H and O–H groups in total. The van der Waals surface area contributed by atoms with Crippen LogP contribution in [0, 0.1) is 5.82 Å². The fraction of sp³-hybridized carbons (Fsp3) is 0.263. The molecule has 0 saturated heterocycles. The topological polar surface area (TPSA) is 76.1 Å². The molecule has 0 fully saturated rings. The molecule has 2 aromatic rings. The van der Waals surface area contributed by atoms with Crippen molar-refractivity contribution in [1.29, 1.82) is 0 Å². The van der Waals surface area contributed by atoms with E-state index in [0.717, 1.165) is 0 Å². The van der Waals surface area contributed by atoms with E-state index in [1.807, 2.05) is 0 Å². The zero-order valence-electron chi connectivity index (χ0n) is 14.6. The Bertz CT molecular complexity index is 793. The third-order valence-electron chi connectivity index (χ3n) is 3.50. The monoisotopic (exact) mass is 361 g/mol. The number of carboxylic acids is 1. The van der Waals surface area contributed by atoms with Gasteiger partial charge in [-0.1, -0.05) is 12.1 Å². The predicted octanol–water partition coefficient (Wildman–Crippen LogP) is 2.96. The van der Waals surface area contributed by atoms with Crippen molar-refractivity contribution in [1.82, 2.24) is 4.90 Å². The van der Waals surface area contributed by atoms with Crippen LogP contribution < -0.4 is 9.47 Å². The van der Waals surface area contributed by atoms with E-state index in [-0.39, 0.29) is 24.0 Å². The van der Waals surface area contributed by atoms with Gasteiger partial charge in [0.15, 0.2) is 18.1 Å². The molecule has 0 aromatic heterocycles. The fourth-order valence-electron chi connectivity index (χ4n) is 2.37. The third-order valence-corrected chi connectivity index (χ3v) is 3.50. The molecule has 0 saturated carbocycles. The molecule has 2 aromatic carbocycles. The van der Waals surface area contributed by atoms with Gasteiger partial charge >= 0.3 is 5.97 Å². The van der Waals surface area contributed by atoms with Crippen LogP contribution in [0.1, 0.15) is 22.8 Å². The van der Waals surface area contributed by atoms with Gasteiger partial charge in [0.05, 0.1) is 6.61 Å². The summed E-state index contributed by atoms with van der Waals surface area (Å²) in [5.41, 5.74) is 1.03. The zero-order valence-corrected chi connectivity index (χ0v) is 14.6. The number of ether oxygens (including phenoxy) is 2. The molecule has 138 valence electrons. The van der Waals surface area contributed by atoms with Crippen molar-refractivity contribution in [2.75, 3.05) is 20.3 Å².